The minimum atomic E-state index is -0.816. The highest BCUT2D eigenvalue weighted by atomic mass is 19.1. The minimum Gasteiger partial charge on any atom is -0.359 e. The van der Waals surface area contributed by atoms with Gasteiger partial charge in [-0.3, -0.25) is 14.4 Å². The van der Waals surface area contributed by atoms with Crippen LogP contribution in [0.25, 0.3) is 6.08 Å². The number of hydrogen-bond donors (Lipinski definition) is 0. The molecule has 2 saturated heterocycles. The third-order valence-corrected chi connectivity index (χ3v) is 6.54. The Balaban J connectivity index is 1.67. The number of nitrogens with zero attached hydrogens (tertiary/aromatic N) is 2. The van der Waals surface area contributed by atoms with E-state index in [1.807, 2.05) is 62.2 Å². The Morgan fingerprint density at radius 2 is 1.68 bits per heavy atom. The molecule has 31 heavy (non-hydrogen) atoms. The number of halogens is 1. The molecule has 0 saturated carbocycles. The quantitative estimate of drug-likeness (QED) is 0.693. The number of imide groups is 1. The molecular formula is C25H23FN2O3. The van der Waals surface area contributed by atoms with Crippen LogP contribution < -0.4 is 4.90 Å². The number of Topliss-reactive ketones (excluding diaryl/α,β-unsaturated/α-hetero) is 1. The Bertz CT molecular complexity index is 1150. The van der Waals surface area contributed by atoms with Crippen molar-refractivity contribution in [2.75, 3.05) is 4.90 Å². The van der Waals surface area contributed by atoms with E-state index in [-0.39, 0.29) is 17.4 Å². The lowest BCUT2D eigenvalue weighted by molar-refractivity contribution is -0.135. The second-order valence-corrected chi connectivity index (χ2v) is 9.44. The number of fused-ring (bicyclic) bond motifs is 5. The zero-order chi connectivity index (χ0) is 22.1. The van der Waals surface area contributed by atoms with E-state index in [0.29, 0.717) is 0 Å². The van der Waals surface area contributed by atoms with Crippen molar-refractivity contribution in [1.29, 1.82) is 0 Å². The van der Waals surface area contributed by atoms with Crippen LogP contribution in [0.15, 0.2) is 54.7 Å². The van der Waals surface area contributed by atoms with E-state index >= 15 is 0 Å². The molecule has 6 heteroatoms. The van der Waals surface area contributed by atoms with E-state index in [1.54, 1.807) is 6.07 Å². The van der Waals surface area contributed by atoms with Crippen LogP contribution in [-0.4, -0.2) is 28.5 Å². The third kappa shape index (κ3) is 2.77. The molecule has 2 aromatic carbocycles. The number of carbonyl (C=O) groups is 3. The fraction of sp³-hybridized carbons (Fsp3) is 0.320. The molecule has 0 aromatic heterocycles. The Morgan fingerprint density at radius 3 is 2.39 bits per heavy atom. The number of ketones is 1. The van der Waals surface area contributed by atoms with Crippen molar-refractivity contribution in [3.8, 4) is 0 Å². The lowest BCUT2D eigenvalue weighted by Crippen LogP contribution is -2.47. The molecule has 0 radical (unpaired) electrons. The third-order valence-electron chi connectivity index (χ3n) is 6.54. The molecule has 0 spiro atoms. The Morgan fingerprint density at radius 1 is 0.968 bits per heavy atom. The van der Waals surface area contributed by atoms with Gasteiger partial charge in [0.1, 0.15) is 11.9 Å². The van der Waals surface area contributed by atoms with Crippen molar-refractivity contribution in [1.82, 2.24) is 4.90 Å². The first kappa shape index (κ1) is 19.7. The SMILES string of the molecule is CC(C)(C)C(=O)C1C2C(=O)N(c3cccc(F)c3)C(=O)C2C2c3ccccc3C=CN12. The van der Waals surface area contributed by atoms with E-state index in [0.717, 1.165) is 16.0 Å². The smallest absolute Gasteiger partial charge is 0.240 e. The standard InChI is InChI=1S/C25H23FN2O3/c1-25(2,3)22(29)21-19-18(20-17-10-5-4-7-14(17)11-12-27(20)21)23(30)28(24(19)31)16-9-6-8-15(26)13-16/h4-13,18-21H,1-3H3. The number of carbonyl (C=O) groups excluding carboxylic acids is 3. The summed E-state index contributed by atoms with van der Waals surface area (Å²) in [6, 6.07) is 12.0. The fourth-order valence-electron chi connectivity index (χ4n) is 5.17. The molecule has 2 fully saturated rings. The fourth-order valence-corrected chi connectivity index (χ4v) is 5.17. The van der Waals surface area contributed by atoms with Gasteiger partial charge < -0.3 is 4.90 Å². The van der Waals surface area contributed by atoms with Crippen LogP contribution in [0.1, 0.15) is 37.9 Å². The van der Waals surface area contributed by atoms with Crippen LogP contribution >= 0.6 is 0 Å². The van der Waals surface area contributed by atoms with Crippen LogP contribution in [-0.2, 0) is 14.4 Å². The summed E-state index contributed by atoms with van der Waals surface area (Å²) >= 11 is 0. The highest BCUT2D eigenvalue weighted by Gasteiger charge is 2.65. The summed E-state index contributed by atoms with van der Waals surface area (Å²) in [5.41, 5.74) is 1.41. The number of benzene rings is 2. The Labute approximate surface area is 180 Å². The van der Waals surface area contributed by atoms with Gasteiger partial charge in [-0.25, -0.2) is 9.29 Å². The minimum absolute atomic E-state index is 0.0868. The van der Waals surface area contributed by atoms with Crippen molar-refractivity contribution < 1.29 is 18.8 Å². The molecule has 3 heterocycles. The highest BCUT2D eigenvalue weighted by molar-refractivity contribution is 6.24. The zero-order valence-electron chi connectivity index (χ0n) is 17.6. The van der Waals surface area contributed by atoms with Crippen molar-refractivity contribution in [2.45, 2.75) is 32.9 Å². The van der Waals surface area contributed by atoms with E-state index in [2.05, 4.69) is 0 Å². The first-order valence-electron chi connectivity index (χ1n) is 10.4. The zero-order valence-corrected chi connectivity index (χ0v) is 17.6. The number of rotatable bonds is 2. The van der Waals surface area contributed by atoms with Gasteiger partial charge >= 0.3 is 0 Å². The molecule has 2 aromatic rings. The molecule has 2 amide bonds. The lowest BCUT2D eigenvalue weighted by atomic mass is 9.79. The van der Waals surface area contributed by atoms with Gasteiger partial charge in [-0.05, 0) is 35.4 Å². The predicted octanol–water partition coefficient (Wildman–Crippen LogP) is 3.96. The molecular weight excluding hydrogens is 395 g/mol. The normalized spacial score (nSPS) is 26.7. The van der Waals surface area contributed by atoms with Gasteiger partial charge in [0.15, 0.2) is 5.78 Å². The monoisotopic (exact) mass is 418 g/mol. The molecule has 5 nitrogen and oxygen atoms in total. The van der Waals surface area contributed by atoms with Gasteiger partial charge in [0, 0.05) is 11.6 Å². The Kier molecular flexibility index (Phi) is 4.19. The van der Waals surface area contributed by atoms with Crippen LogP contribution in [0.3, 0.4) is 0 Å². The van der Waals surface area contributed by atoms with Gasteiger partial charge in [-0.2, -0.15) is 0 Å². The average molecular weight is 418 g/mol. The van der Waals surface area contributed by atoms with Gasteiger partial charge in [0.05, 0.1) is 23.6 Å². The van der Waals surface area contributed by atoms with Crippen LogP contribution in [0.2, 0.25) is 0 Å². The topological polar surface area (TPSA) is 57.7 Å². The van der Waals surface area contributed by atoms with E-state index in [4.69, 9.17) is 0 Å². The predicted molar refractivity (Wildman–Crippen MR) is 114 cm³/mol. The molecule has 5 rings (SSSR count). The highest BCUT2D eigenvalue weighted by Crippen LogP contribution is 2.54. The van der Waals surface area contributed by atoms with Gasteiger partial charge in [-0.1, -0.05) is 51.1 Å². The number of anilines is 1. The maximum absolute atomic E-state index is 13.9. The Hall–Kier alpha value is -3.28. The van der Waals surface area contributed by atoms with E-state index in [9.17, 15) is 18.8 Å². The number of amides is 2. The molecule has 3 aliphatic heterocycles. The number of hydrogen-bond acceptors (Lipinski definition) is 4. The average Bonchev–Trinajstić information content (AvgIpc) is 3.19. The molecule has 3 aliphatic rings. The van der Waals surface area contributed by atoms with Crippen molar-refractivity contribution in [2.24, 2.45) is 17.3 Å². The maximum Gasteiger partial charge on any atom is 0.240 e. The van der Waals surface area contributed by atoms with Crippen LogP contribution in [0.4, 0.5) is 10.1 Å². The lowest BCUT2D eigenvalue weighted by Gasteiger charge is -2.37. The molecule has 0 N–H and O–H groups in total. The molecule has 4 atom stereocenters. The van der Waals surface area contributed by atoms with Crippen LogP contribution in [0.5, 0.6) is 0 Å². The first-order valence-corrected chi connectivity index (χ1v) is 10.4. The summed E-state index contributed by atoms with van der Waals surface area (Å²) in [5, 5.41) is 0. The molecule has 0 bridgehead atoms. The summed E-state index contributed by atoms with van der Waals surface area (Å²) in [6.07, 6.45) is 3.77. The largest absolute Gasteiger partial charge is 0.359 e. The van der Waals surface area contributed by atoms with Gasteiger partial charge in [0.25, 0.3) is 0 Å². The van der Waals surface area contributed by atoms with E-state index < -0.39 is 41.1 Å². The maximum atomic E-state index is 13.9. The van der Waals surface area contributed by atoms with Gasteiger partial charge in [-0.15, -0.1) is 0 Å². The summed E-state index contributed by atoms with van der Waals surface area (Å²) in [5.74, 6) is -2.96. The summed E-state index contributed by atoms with van der Waals surface area (Å²) in [6.45, 7) is 5.47. The summed E-state index contributed by atoms with van der Waals surface area (Å²) in [7, 11) is 0. The second-order valence-electron chi connectivity index (χ2n) is 9.44. The van der Waals surface area contributed by atoms with Crippen molar-refractivity contribution in [3.63, 3.8) is 0 Å². The molecule has 4 unspecified atom stereocenters. The molecule has 158 valence electrons. The van der Waals surface area contributed by atoms with Crippen molar-refractivity contribution >= 4 is 29.4 Å². The van der Waals surface area contributed by atoms with Gasteiger partial charge in [0.2, 0.25) is 11.8 Å². The summed E-state index contributed by atoms with van der Waals surface area (Å²) in [4.78, 5) is 43.7. The molecule has 0 aliphatic carbocycles. The first-order chi connectivity index (χ1) is 14.7. The van der Waals surface area contributed by atoms with E-state index in [1.165, 1.54) is 18.2 Å². The van der Waals surface area contributed by atoms with Crippen LogP contribution in [0, 0.1) is 23.1 Å². The second kappa shape index (κ2) is 6.61. The van der Waals surface area contributed by atoms with Crippen molar-refractivity contribution in [3.05, 3.63) is 71.7 Å². The summed E-state index contributed by atoms with van der Waals surface area (Å²) < 4.78 is 13.9.